The molecule has 2 rings (SSSR count). The molecule has 0 aromatic carbocycles. The smallest absolute Gasteiger partial charge is 0.320 e. The molecule has 2 N–H and O–H groups in total. The van der Waals surface area contributed by atoms with Crippen LogP contribution in [0, 0.1) is 5.92 Å². The summed E-state index contributed by atoms with van der Waals surface area (Å²) in [4.78, 5) is 13.3. The van der Waals surface area contributed by atoms with Gasteiger partial charge in [-0.05, 0) is 51.6 Å². The molecule has 92 valence electrons. The van der Waals surface area contributed by atoms with Gasteiger partial charge < -0.3 is 15.3 Å². The van der Waals surface area contributed by atoms with Gasteiger partial charge in [0.25, 0.3) is 0 Å². The minimum absolute atomic E-state index is 0.353. The molecular weight excluding hydrogens is 204 g/mol. The minimum Gasteiger partial charge on any atom is -0.480 e. The molecule has 0 bridgehead atoms. The molecular formula is C12H22N2O2. The lowest BCUT2D eigenvalue weighted by Gasteiger charge is -2.20. The summed E-state index contributed by atoms with van der Waals surface area (Å²) >= 11 is 0. The number of aliphatic carboxylic acids is 1. The average molecular weight is 226 g/mol. The zero-order chi connectivity index (χ0) is 11.5. The van der Waals surface area contributed by atoms with E-state index in [0.717, 1.165) is 38.3 Å². The van der Waals surface area contributed by atoms with Crippen LogP contribution in [-0.2, 0) is 4.79 Å². The van der Waals surface area contributed by atoms with E-state index in [4.69, 9.17) is 5.11 Å². The van der Waals surface area contributed by atoms with Crippen LogP contribution in [0.25, 0.3) is 0 Å². The molecule has 2 saturated carbocycles. The fourth-order valence-electron chi connectivity index (χ4n) is 1.99. The summed E-state index contributed by atoms with van der Waals surface area (Å²) in [5, 5.41) is 12.3. The fourth-order valence-corrected chi connectivity index (χ4v) is 1.99. The normalized spacial score (nSPS) is 22.4. The van der Waals surface area contributed by atoms with Gasteiger partial charge in [0.15, 0.2) is 0 Å². The van der Waals surface area contributed by atoms with Gasteiger partial charge in [0.2, 0.25) is 0 Å². The lowest BCUT2D eigenvalue weighted by Crippen LogP contribution is -2.40. The topological polar surface area (TPSA) is 52.6 Å². The van der Waals surface area contributed by atoms with Crippen LogP contribution in [0.3, 0.4) is 0 Å². The Morgan fingerprint density at radius 1 is 1.44 bits per heavy atom. The van der Waals surface area contributed by atoms with Crippen molar-refractivity contribution < 1.29 is 9.90 Å². The Morgan fingerprint density at radius 3 is 2.62 bits per heavy atom. The highest BCUT2D eigenvalue weighted by atomic mass is 16.4. The first-order valence-electron chi connectivity index (χ1n) is 6.32. The van der Waals surface area contributed by atoms with E-state index < -0.39 is 5.97 Å². The second-order valence-electron chi connectivity index (χ2n) is 5.33. The molecule has 16 heavy (non-hydrogen) atoms. The Balaban J connectivity index is 1.65. The van der Waals surface area contributed by atoms with Gasteiger partial charge in [-0.1, -0.05) is 0 Å². The lowest BCUT2D eigenvalue weighted by molar-refractivity contribution is -0.139. The van der Waals surface area contributed by atoms with Crippen molar-refractivity contribution in [2.75, 3.05) is 20.1 Å². The first-order chi connectivity index (χ1) is 7.65. The van der Waals surface area contributed by atoms with E-state index in [9.17, 15) is 4.79 Å². The molecule has 4 nitrogen and oxygen atoms in total. The van der Waals surface area contributed by atoms with Crippen molar-refractivity contribution in [1.82, 2.24) is 10.2 Å². The zero-order valence-electron chi connectivity index (χ0n) is 9.98. The number of nitrogens with zero attached hydrogens (tertiary/aromatic N) is 1. The number of hydrogen-bond acceptors (Lipinski definition) is 3. The minimum atomic E-state index is -0.702. The average Bonchev–Trinajstić information content (AvgIpc) is 3.06. The Hall–Kier alpha value is -0.610. The zero-order valence-corrected chi connectivity index (χ0v) is 9.98. The molecule has 0 spiro atoms. The molecule has 2 fully saturated rings. The molecule has 1 atom stereocenters. The summed E-state index contributed by atoms with van der Waals surface area (Å²) in [6.45, 7) is 2.02. The van der Waals surface area contributed by atoms with Crippen molar-refractivity contribution in [2.45, 2.75) is 44.2 Å². The highest BCUT2D eigenvalue weighted by Gasteiger charge is 2.28. The van der Waals surface area contributed by atoms with Gasteiger partial charge in [-0.15, -0.1) is 0 Å². The maximum Gasteiger partial charge on any atom is 0.320 e. The van der Waals surface area contributed by atoms with E-state index in [-0.39, 0.29) is 6.04 Å². The second-order valence-corrected chi connectivity index (χ2v) is 5.33. The predicted octanol–water partition coefficient (Wildman–Crippen LogP) is 0.923. The predicted molar refractivity (Wildman–Crippen MR) is 62.4 cm³/mol. The molecule has 2 aliphatic carbocycles. The Kier molecular flexibility index (Phi) is 3.82. The van der Waals surface area contributed by atoms with Crippen molar-refractivity contribution in [3.63, 3.8) is 0 Å². The number of hydrogen-bond donors (Lipinski definition) is 2. The Bertz CT molecular complexity index is 249. The molecule has 0 amide bonds. The molecule has 0 aromatic heterocycles. The van der Waals surface area contributed by atoms with Crippen molar-refractivity contribution in [2.24, 2.45) is 5.92 Å². The number of rotatable bonds is 8. The van der Waals surface area contributed by atoms with Gasteiger partial charge in [-0.2, -0.15) is 0 Å². The third-order valence-corrected chi connectivity index (χ3v) is 3.38. The molecule has 0 aliphatic heterocycles. The highest BCUT2D eigenvalue weighted by molar-refractivity contribution is 5.73. The summed E-state index contributed by atoms with van der Waals surface area (Å²) in [7, 11) is 2.09. The molecule has 2 aliphatic rings. The summed E-state index contributed by atoms with van der Waals surface area (Å²) in [6, 6.07) is 0.115. The van der Waals surface area contributed by atoms with Crippen LogP contribution in [0.5, 0.6) is 0 Å². The summed E-state index contributed by atoms with van der Waals surface area (Å²) in [5.74, 6) is 0.177. The van der Waals surface area contributed by atoms with Crippen LogP contribution in [0.1, 0.15) is 32.1 Å². The first kappa shape index (κ1) is 11.9. The van der Waals surface area contributed by atoms with Gasteiger partial charge in [-0.3, -0.25) is 4.79 Å². The summed E-state index contributed by atoms with van der Waals surface area (Å²) in [5.41, 5.74) is 0. The monoisotopic (exact) mass is 226 g/mol. The van der Waals surface area contributed by atoms with Gasteiger partial charge in [-0.25, -0.2) is 0 Å². The Labute approximate surface area is 97.0 Å². The van der Waals surface area contributed by atoms with Crippen LogP contribution in [-0.4, -0.2) is 48.2 Å². The van der Waals surface area contributed by atoms with E-state index in [1.807, 2.05) is 0 Å². The molecule has 1 unspecified atom stereocenters. The van der Waals surface area contributed by atoms with Crippen LogP contribution in [0.15, 0.2) is 0 Å². The number of nitrogens with one attached hydrogen (secondary N) is 1. The number of carboxylic acids is 1. The lowest BCUT2D eigenvalue weighted by atomic mass is 10.2. The second kappa shape index (κ2) is 5.15. The van der Waals surface area contributed by atoms with E-state index >= 15 is 0 Å². The van der Waals surface area contributed by atoms with Crippen LogP contribution in [0.2, 0.25) is 0 Å². The fraction of sp³-hybridized carbons (Fsp3) is 0.917. The number of carboxylic acid groups (broad SMARTS) is 1. The van der Waals surface area contributed by atoms with Crippen LogP contribution in [0.4, 0.5) is 0 Å². The van der Waals surface area contributed by atoms with Crippen LogP contribution >= 0.6 is 0 Å². The van der Waals surface area contributed by atoms with E-state index in [0.29, 0.717) is 6.04 Å². The molecule has 4 heteroatoms. The quantitative estimate of drug-likeness (QED) is 0.646. The molecule has 0 saturated heterocycles. The van der Waals surface area contributed by atoms with Crippen LogP contribution < -0.4 is 5.32 Å². The van der Waals surface area contributed by atoms with Crippen molar-refractivity contribution in [3.05, 3.63) is 0 Å². The first-order valence-corrected chi connectivity index (χ1v) is 6.32. The molecule has 0 heterocycles. The SMILES string of the molecule is CN(CCC(NC1CC1)C(=O)O)CC1CC1. The van der Waals surface area contributed by atoms with Gasteiger partial charge >= 0.3 is 5.97 Å². The summed E-state index contributed by atoms with van der Waals surface area (Å²) < 4.78 is 0. The standard InChI is InChI=1S/C12H22N2O2/c1-14(8-9-2-3-9)7-6-11(12(15)16)13-10-4-5-10/h9-11,13H,2-8H2,1H3,(H,15,16). The largest absolute Gasteiger partial charge is 0.480 e. The summed E-state index contributed by atoms with van der Waals surface area (Å²) in [6.07, 6.45) is 5.71. The number of carbonyl (C=O) groups is 1. The van der Waals surface area contributed by atoms with E-state index in [1.54, 1.807) is 0 Å². The maximum absolute atomic E-state index is 11.0. The maximum atomic E-state index is 11.0. The van der Waals surface area contributed by atoms with Gasteiger partial charge in [0.1, 0.15) is 6.04 Å². The third-order valence-electron chi connectivity index (χ3n) is 3.38. The highest BCUT2D eigenvalue weighted by Crippen LogP contribution is 2.29. The van der Waals surface area contributed by atoms with E-state index in [1.165, 1.54) is 12.8 Å². The molecule has 0 aromatic rings. The molecule has 0 radical (unpaired) electrons. The third kappa shape index (κ3) is 4.10. The van der Waals surface area contributed by atoms with Crippen molar-refractivity contribution >= 4 is 5.97 Å². The Morgan fingerprint density at radius 2 is 2.12 bits per heavy atom. The van der Waals surface area contributed by atoms with Crippen molar-refractivity contribution in [3.8, 4) is 0 Å². The van der Waals surface area contributed by atoms with Gasteiger partial charge in [0, 0.05) is 12.6 Å². The van der Waals surface area contributed by atoms with Crippen molar-refractivity contribution in [1.29, 1.82) is 0 Å². The van der Waals surface area contributed by atoms with Gasteiger partial charge in [0.05, 0.1) is 0 Å². The van der Waals surface area contributed by atoms with E-state index in [2.05, 4.69) is 17.3 Å².